The van der Waals surface area contributed by atoms with Crippen molar-refractivity contribution in [3.63, 3.8) is 0 Å². The minimum absolute atomic E-state index is 0.0218. The highest BCUT2D eigenvalue weighted by Gasteiger charge is 2.14. The van der Waals surface area contributed by atoms with Crippen molar-refractivity contribution in [3.05, 3.63) is 16.4 Å². The summed E-state index contributed by atoms with van der Waals surface area (Å²) in [6.07, 6.45) is 0. The molecule has 4 nitrogen and oxygen atoms in total. The van der Waals surface area contributed by atoms with Gasteiger partial charge in [-0.3, -0.25) is 0 Å². The van der Waals surface area contributed by atoms with Gasteiger partial charge in [0.25, 0.3) is 0 Å². The molecule has 84 valence electrons. The molecule has 1 aromatic rings. The smallest absolute Gasteiger partial charge is 0.174 e. The van der Waals surface area contributed by atoms with Gasteiger partial charge >= 0.3 is 0 Å². The molecule has 0 aromatic carbocycles. The number of rotatable bonds is 4. The minimum atomic E-state index is -0.0808. The summed E-state index contributed by atoms with van der Waals surface area (Å²) in [5.74, 6) is 0.276. The monoisotopic (exact) mass is 249 g/mol. The zero-order valence-corrected chi connectivity index (χ0v) is 10.0. The Kier molecular flexibility index (Phi) is 4.57. The molecular weight excluding hydrogens is 237 g/mol. The molecule has 0 spiro atoms. The molecule has 0 saturated carbocycles. The highest BCUT2D eigenvalue weighted by Crippen LogP contribution is 2.22. The zero-order chi connectivity index (χ0) is 11.4. The quantitative estimate of drug-likeness (QED) is 0.860. The Balaban J connectivity index is 2.82. The number of hydrogen-bond donors (Lipinski definition) is 2. The Morgan fingerprint density at radius 2 is 2.07 bits per heavy atom. The van der Waals surface area contributed by atoms with E-state index in [-0.39, 0.29) is 28.9 Å². The summed E-state index contributed by atoms with van der Waals surface area (Å²) in [5.41, 5.74) is 0.587. The highest BCUT2D eigenvalue weighted by molar-refractivity contribution is 6.33. The van der Waals surface area contributed by atoms with Crippen molar-refractivity contribution in [2.24, 2.45) is 5.92 Å². The van der Waals surface area contributed by atoms with Crippen LogP contribution in [0, 0.1) is 5.92 Å². The van der Waals surface area contributed by atoms with Gasteiger partial charge in [0.2, 0.25) is 0 Å². The van der Waals surface area contributed by atoms with Gasteiger partial charge in [-0.15, -0.1) is 10.2 Å². The summed E-state index contributed by atoms with van der Waals surface area (Å²) in [6, 6.07) is 1.50. The highest BCUT2D eigenvalue weighted by atomic mass is 35.5. The van der Waals surface area contributed by atoms with E-state index in [1.54, 1.807) is 6.07 Å². The van der Waals surface area contributed by atoms with Crippen LogP contribution in [0.3, 0.4) is 0 Å². The van der Waals surface area contributed by atoms with E-state index < -0.39 is 0 Å². The summed E-state index contributed by atoms with van der Waals surface area (Å²) >= 11 is 11.5. The van der Waals surface area contributed by atoms with Crippen molar-refractivity contribution >= 4 is 28.9 Å². The van der Waals surface area contributed by atoms with Gasteiger partial charge in [0.05, 0.1) is 18.3 Å². The Morgan fingerprint density at radius 3 is 2.60 bits per heavy atom. The van der Waals surface area contributed by atoms with Gasteiger partial charge in [0, 0.05) is 6.07 Å². The number of aromatic nitrogens is 2. The molecule has 1 rings (SSSR count). The van der Waals surface area contributed by atoms with E-state index in [4.69, 9.17) is 28.3 Å². The van der Waals surface area contributed by atoms with Crippen LogP contribution in [0.2, 0.25) is 10.3 Å². The Morgan fingerprint density at radius 1 is 1.40 bits per heavy atom. The van der Waals surface area contributed by atoms with Crippen molar-refractivity contribution in [2.75, 3.05) is 11.9 Å². The Bertz CT molecular complexity index is 333. The first-order valence-electron chi connectivity index (χ1n) is 4.60. The van der Waals surface area contributed by atoms with Gasteiger partial charge in [-0.25, -0.2) is 0 Å². The predicted molar refractivity (Wildman–Crippen MR) is 61.4 cm³/mol. The first-order chi connectivity index (χ1) is 7.04. The fourth-order valence-corrected chi connectivity index (χ4v) is 1.37. The maximum absolute atomic E-state index is 9.14. The van der Waals surface area contributed by atoms with Gasteiger partial charge in [-0.2, -0.15) is 0 Å². The number of aliphatic hydroxyl groups excluding tert-OH is 1. The molecule has 0 radical (unpaired) electrons. The van der Waals surface area contributed by atoms with Crippen LogP contribution in [0.4, 0.5) is 5.69 Å². The molecule has 0 aliphatic carbocycles. The molecule has 1 atom stereocenters. The molecule has 0 fully saturated rings. The standard InChI is InChI=1S/C9H13Cl2N3O/c1-5(2)7(4-15)12-6-3-8(10)13-14-9(6)11/h3,5,7,15H,4H2,1-2H3,(H,12,13)/t7-/m1/s1. The summed E-state index contributed by atoms with van der Waals surface area (Å²) in [7, 11) is 0. The maximum Gasteiger partial charge on any atom is 0.174 e. The largest absolute Gasteiger partial charge is 0.394 e. The van der Waals surface area contributed by atoms with E-state index in [1.165, 1.54) is 0 Å². The van der Waals surface area contributed by atoms with E-state index in [1.807, 2.05) is 13.8 Å². The lowest BCUT2D eigenvalue weighted by Crippen LogP contribution is -2.29. The first-order valence-corrected chi connectivity index (χ1v) is 5.36. The van der Waals surface area contributed by atoms with Gasteiger partial charge < -0.3 is 10.4 Å². The number of hydrogen-bond acceptors (Lipinski definition) is 4. The topological polar surface area (TPSA) is 58.0 Å². The van der Waals surface area contributed by atoms with Crippen LogP contribution >= 0.6 is 23.2 Å². The van der Waals surface area contributed by atoms with E-state index in [2.05, 4.69) is 15.5 Å². The first kappa shape index (κ1) is 12.5. The molecule has 0 aliphatic heterocycles. The van der Waals surface area contributed by atoms with Crippen molar-refractivity contribution in [1.82, 2.24) is 10.2 Å². The van der Waals surface area contributed by atoms with Gasteiger partial charge in [0.1, 0.15) is 0 Å². The average Bonchev–Trinajstić information content (AvgIpc) is 2.18. The summed E-state index contributed by atoms with van der Waals surface area (Å²) in [6.45, 7) is 4.02. The molecule has 1 heterocycles. The Labute approximate surface area is 98.6 Å². The predicted octanol–water partition coefficient (Wildman–Crippen LogP) is 2.21. The summed E-state index contributed by atoms with van der Waals surface area (Å²) in [5, 5.41) is 20.0. The molecule has 0 bridgehead atoms. The van der Waals surface area contributed by atoms with Gasteiger partial charge in [-0.05, 0) is 5.92 Å². The molecule has 0 amide bonds. The lowest BCUT2D eigenvalue weighted by molar-refractivity contribution is 0.249. The van der Waals surface area contributed by atoms with Crippen LogP contribution in [0.1, 0.15) is 13.8 Å². The summed E-state index contributed by atoms with van der Waals surface area (Å²) in [4.78, 5) is 0. The van der Waals surface area contributed by atoms with Gasteiger partial charge in [0.15, 0.2) is 10.3 Å². The molecule has 2 N–H and O–H groups in total. The third-order valence-corrected chi connectivity index (χ3v) is 2.53. The van der Waals surface area contributed by atoms with Crippen LogP contribution in [-0.2, 0) is 0 Å². The number of anilines is 1. The van der Waals surface area contributed by atoms with Crippen molar-refractivity contribution < 1.29 is 5.11 Å². The number of nitrogens with zero attached hydrogens (tertiary/aromatic N) is 2. The SMILES string of the molecule is CC(C)[C@@H](CO)Nc1cc(Cl)nnc1Cl. The Hall–Kier alpha value is -0.580. The van der Waals surface area contributed by atoms with Crippen LogP contribution in [0.15, 0.2) is 6.07 Å². The molecule has 1 aromatic heterocycles. The molecule has 15 heavy (non-hydrogen) atoms. The van der Waals surface area contributed by atoms with E-state index in [9.17, 15) is 0 Å². The number of halogens is 2. The minimum Gasteiger partial charge on any atom is -0.394 e. The number of aliphatic hydroxyl groups is 1. The number of nitrogens with one attached hydrogen (secondary N) is 1. The lowest BCUT2D eigenvalue weighted by atomic mass is 10.1. The second-order valence-electron chi connectivity index (χ2n) is 3.55. The third-order valence-electron chi connectivity index (χ3n) is 2.06. The fraction of sp³-hybridized carbons (Fsp3) is 0.556. The van der Waals surface area contributed by atoms with Crippen LogP contribution < -0.4 is 5.32 Å². The second-order valence-corrected chi connectivity index (χ2v) is 4.29. The molecule has 0 unspecified atom stereocenters. The zero-order valence-electron chi connectivity index (χ0n) is 8.54. The molecular formula is C9H13Cl2N3O. The van der Waals surface area contributed by atoms with Crippen LogP contribution in [0.25, 0.3) is 0 Å². The van der Waals surface area contributed by atoms with Gasteiger partial charge in [-0.1, -0.05) is 37.0 Å². The van der Waals surface area contributed by atoms with E-state index >= 15 is 0 Å². The molecule has 0 saturated heterocycles. The molecule has 0 aliphatic rings. The average molecular weight is 250 g/mol. The normalized spacial score (nSPS) is 12.9. The fourth-order valence-electron chi connectivity index (χ4n) is 1.08. The van der Waals surface area contributed by atoms with Crippen LogP contribution in [-0.4, -0.2) is 28.0 Å². The van der Waals surface area contributed by atoms with Crippen molar-refractivity contribution in [3.8, 4) is 0 Å². The second kappa shape index (κ2) is 5.49. The summed E-state index contributed by atoms with van der Waals surface area (Å²) < 4.78 is 0. The van der Waals surface area contributed by atoms with Crippen molar-refractivity contribution in [2.45, 2.75) is 19.9 Å². The maximum atomic E-state index is 9.14. The third kappa shape index (κ3) is 3.48. The lowest BCUT2D eigenvalue weighted by Gasteiger charge is -2.21. The van der Waals surface area contributed by atoms with E-state index in [0.29, 0.717) is 5.69 Å². The molecule has 6 heteroatoms. The van der Waals surface area contributed by atoms with E-state index in [0.717, 1.165) is 0 Å². The van der Waals surface area contributed by atoms with Crippen molar-refractivity contribution in [1.29, 1.82) is 0 Å². The van der Waals surface area contributed by atoms with Crippen LogP contribution in [0.5, 0.6) is 0 Å².